The van der Waals surface area contributed by atoms with Crippen molar-refractivity contribution >= 4 is 25.2 Å². The summed E-state index contributed by atoms with van der Waals surface area (Å²) in [6.45, 7) is 1.43. The van der Waals surface area contributed by atoms with Crippen LogP contribution in [0.4, 0.5) is 5.69 Å². The molecule has 0 atom stereocenters. The van der Waals surface area contributed by atoms with Gasteiger partial charge in [0.1, 0.15) is 0 Å². The smallest absolute Gasteiger partial charge is 0.221 e. The van der Waals surface area contributed by atoms with Gasteiger partial charge in [0, 0.05) is 18.2 Å². The molecule has 0 bridgehead atoms. The summed E-state index contributed by atoms with van der Waals surface area (Å²) >= 11 is 0. The molecule has 0 spiro atoms. The molecule has 1 aromatic carbocycles. The van der Waals surface area contributed by atoms with Crippen LogP contribution >= 0.6 is 0 Å². The molecule has 1 amide bonds. The number of Topliss-reactive ketones (excluding diaryl/α,β-unsaturated/α-hetero) is 1. The Bertz CT molecular complexity index is 346. The molecule has 0 heterocycles. The van der Waals surface area contributed by atoms with Gasteiger partial charge in [-0.25, -0.2) is 0 Å². The highest BCUT2D eigenvalue weighted by atomic mass is 16.1. The van der Waals surface area contributed by atoms with E-state index in [1.807, 2.05) is 0 Å². The molecule has 0 aromatic heterocycles. The third-order valence-electron chi connectivity index (χ3n) is 1.71. The normalized spacial score (nSPS) is 9.50. The number of carbonyl (C=O) groups excluding carboxylic acids is 2. The molecule has 1 rings (SSSR count). The van der Waals surface area contributed by atoms with Gasteiger partial charge in [0.05, 0.1) is 7.85 Å². The van der Waals surface area contributed by atoms with E-state index in [9.17, 15) is 9.59 Å². The maximum absolute atomic E-state index is 11.1. The first-order valence-electron chi connectivity index (χ1n) is 4.24. The summed E-state index contributed by atoms with van der Waals surface area (Å²) in [5.41, 5.74) is 1.23. The Morgan fingerprint density at radius 1 is 1.29 bits per heavy atom. The van der Waals surface area contributed by atoms with E-state index >= 15 is 0 Å². The molecule has 1 aromatic rings. The predicted octanol–water partition coefficient (Wildman–Crippen LogP) is 1.41. The van der Waals surface area contributed by atoms with Gasteiger partial charge < -0.3 is 5.32 Å². The summed E-state index contributed by atoms with van der Waals surface area (Å²) in [6.07, 6.45) is -0.000512. The van der Waals surface area contributed by atoms with E-state index in [-0.39, 0.29) is 18.0 Å². The monoisotopic (exact) mass is 187 g/mol. The Morgan fingerprint density at radius 3 is 2.29 bits per heavy atom. The van der Waals surface area contributed by atoms with E-state index in [0.29, 0.717) is 11.3 Å². The average Bonchev–Trinajstić information content (AvgIpc) is 2.17. The van der Waals surface area contributed by atoms with Gasteiger partial charge in [-0.2, -0.15) is 0 Å². The lowest BCUT2D eigenvalue weighted by molar-refractivity contribution is -0.114. The fourth-order valence-electron chi connectivity index (χ4n) is 1.06. The lowest BCUT2D eigenvalue weighted by Crippen LogP contribution is -2.06. The van der Waals surface area contributed by atoms with E-state index in [1.54, 1.807) is 24.3 Å². The highest BCUT2D eigenvalue weighted by Crippen LogP contribution is 2.10. The van der Waals surface area contributed by atoms with Crippen LogP contribution in [0.1, 0.15) is 17.3 Å². The molecule has 0 saturated heterocycles. The molecule has 14 heavy (non-hydrogen) atoms. The van der Waals surface area contributed by atoms with Crippen LogP contribution in [0.15, 0.2) is 24.3 Å². The third-order valence-corrected chi connectivity index (χ3v) is 1.71. The largest absolute Gasteiger partial charge is 0.326 e. The molecule has 0 saturated carbocycles. The van der Waals surface area contributed by atoms with E-state index in [4.69, 9.17) is 7.85 Å². The maximum atomic E-state index is 11.1. The van der Waals surface area contributed by atoms with E-state index in [1.165, 1.54) is 6.92 Å². The Balaban J connectivity index is 2.78. The highest BCUT2D eigenvalue weighted by molar-refractivity contribution is 6.24. The molecule has 3 nitrogen and oxygen atoms in total. The topological polar surface area (TPSA) is 46.2 Å². The fourth-order valence-corrected chi connectivity index (χ4v) is 1.06. The second kappa shape index (κ2) is 4.60. The Morgan fingerprint density at radius 2 is 1.86 bits per heavy atom. The predicted molar refractivity (Wildman–Crippen MR) is 55.6 cm³/mol. The fraction of sp³-hybridized carbons (Fsp3) is 0.200. The van der Waals surface area contributed by atoms with Crippen molar-refractivity contribution in [3.63, 3.8) is 0 Å². The summed E-state index contributed by atoms with van der Waals surface area (Å²) in [7, 11) is 5.20. The van der Waals surface area contributed by atoms with Crippen LogP contribution in [0.5, 0.6) is 0 Å². The first-order chi connectivity index (χ1) is 6.63. The molecule has 0 aliphatic heterocycles. The second-order valence-corrected chi connectivity index (χ2v) is 2.89. The van der Waals surface area contributed by atoms with E-state index in [2.05, 4.69) is 5.32 Å². The van der Waals surface area contributed by atoms with Gasteiger partial charge in [0.15, 0.2) is 5.78 Å². The number of hydrogen-bond donors (Lipinski definition) is 1. The minimum absolute atomic E-state index is 0.000512. The van der Waals surface area contributed by atoms with Crippen molar-refractivity contribution in [1.29, 1.82) is 0 Å². The zero-order valence-corrected chi connectivity index (χ0v) is 7.91. The van der Waals surface area contributed by atoms with Crippen LogP contribution in [0.3, 0.4) is 0 Å². The van der Waals surface area contributed by atoms with Crippen molar-refractivity contribution in [3.05, 3.63) is 29.8 Å². The minimum Gasteiger partial charge on any atom is -0.326 e. The molecular formula is C10H10BNO2. The zero-order valence-electron chi connectivity index (χ0n) is 7.91. The van der Waals surface area contributed by atoms with Crippen molar-refractivity contribution in [2.75, 3.05) is 5.32 Å². The summed E-state index contributed by atoms with van der Waals surface area (Å²) < 4.78 is 0. The summed E-state index contributed by atoms with van der Waals surface area (Å²) in [4.78, 5) is 21.8. The van der Waals surface area contributed by atoms with E-state index in [0.717, 1.165) is 0 Å². The molecule has 1 N–H and O–H groups in total. The van der Waals surface area contributed by atoms with Crippen molar-refractivity contribution < 1.29 is 9.59 Å². The molecule has 2 radical (unpaired) electrons. The van der Waals surface area contributed by atoms with Crippen molar-refractivity contribution in [1.82, 2.24) is 0 Å². The lowest BCUT2D eigenvalue weighted by atomic mass is 9.96. The Labute approximate surface area is 83.9 Å². The van der Waals surface area contributed by atoms with Crippen LogP contribution < -0.4 is 5.32 Å². The molecule has 4 heteroatoms. The Kier molecular flexibility index (Phi) is 3.45. The first-order valence-corrected chi connectivity index (χ1v) is 4.24. The van der Waals surface area contributed by atoms with Crippen LogP contribution in [-0.2, 0) is 4.79 Å². The number of hydrogen-bond acceptors (Lipinski definition) is 2. The number of carbonyl (C=O) groups is 2. The molecule has 70 valence electrons. The van der Waals surface area contributed by atoms with Crippen molar-refractivity contribution in [2.24, 2.45) is 0 Å². The molecule has 0 unspecified atom stereocenters. The van der Waals surface area contributed by atoms with Crippen molar-refractivity contribution in [3.8, 4) is 0 Å². The SMILES string of the molecule is [B]CC(=O)c1ccc(NC(C)=O)cc1. The van der Waals surface area contributed by atoms with Crippen molar-refractivity contribution in [2.45, 2.75) is 13.2 Å². The van der Waals surface area contributed by atoms with Gasteiger partial charge in [0.25, 0.3) is 0 Å². The summed E-state index contributed by atoms with van der Waals surface area (Å²) in [5, 5.41) is 2.61. The molecule has 0 aliphatic carbocycles. The van der Waals surface area contributed by atoms with E-state index < -0.39 is 0 Å². The second-order valence-electron chi connectivity index (χ2n) is 2.89. The summed E-state index contributed by atoms with van der Waals surface area (Å²) in [6, 6.07) is 6.62. The molecule has 0 fully saturated rings. The number of nitrogens with one attached hydrogen (secondary N) is 1. The zero-order chi connectivity index (χ0) is 10.6. The van der Waals surface area contributed by atoms with Gasteiger partial charge in [-0.1, -0.05) is 0 Å². The van der Waals surface area contributed by atoms with Crippen LogP contribution in [0.2, 0.25) is 6.32 Å². The van der Waals surface area contributed by atoms with Gasteiger partial charge >= 0.3 is 0 Å². The van der Waals surface area contributed by atoms with Gasteiger partial charge in [-0.15, -0.1) is 0 Å². The Hall–Kier alpha value is -1.58. The number of rotatable bonds is 3. The number of benzene rings is 1. The summed E-state index contributed by atoms with van der Waals surface area (Å²) in [5.74, 6) is -0.248. The first kappa shape index (κ1) is 10.5. The number of anilines is 1. The number of ketones is 1. The van der Waals surface area contributed by atoms with Gasteiger partial charge in [-0.3, -0.25) is 9.59 Å². The van der Waals surface area contributed by atoms with Gasteiger partial charge in [0.2, 0.25) is 5.91 Å². The van der Waals surface area contributed by atoms with Gasteiger partial charge in [-0.05, 0) is 30.6 Å². The quantitative estimate of drug-likeness (QED) is 0.574. The lowest BCUT2D eigenvalue weighted by Gasteiger charge is -2.02. The number of amides is 1. The van der Waals surface area contributed by atoms with Crippen LogP contribution in [0, 0.1) is 0 Å². The minimum atomic E-state index is -0.136. The maximum Gasteiger partial charge on any atom is 0.221 e. The molecule has 0 aliphatic rings. The highest BCUT2D eigenvalue weighted by Gasteiger charge is 2.02. The third kappa shape index (κ3) is 2.73. The molecular weight excluding hydrogens is 177 g/mol. The van der Waals surface area contributed by atoms with Crippen LogP contribution in [-0.4, -0.2) is 19.5 Å². The standard InChI is InChI=1S/C10H10BNO2/c1-7(13)12-9-4-2-8(3-5-9)10(14)6-11/h2-5H,6H2,1H3,(H,12,13). The average molecular weight is 187 g/mol. The van der Waals surface area contributed by atoms with Crippen LogP contribution in [0.25, 0.3) is 0 Å².